The fourth-order valence-electron chi connectivity index (χ4n) is 2.81. The number of allylic oxidation sites excluding steroid dienone is 1. The van der Waals surface area contributed by atoms with Crippen LogP contribution in [0.4, 0.5) is 5.13 Å². The number of methoxy groups -OCH3 is 1. The first-order chi connectivity index (χ1) is 13.5. The molecule has 3 rings (SSSR count). The van der Waals surface area contributed by atoms with E-state index in [9.17, 15) is 9.59 Å². The van der Waals surface area contributed by atoms with Gasteiger partial charge in [0.15, 0.2) is 10.8 Å². The van der Waals surface area contributed by atoms with Gasteiger partial charge in [-0.3, -0.25) is 14.5 Å². The highest BCUT2D eigenvalue weighted by Crippen LogP contribution is 2.39. The normalized spacial score (nSPS) is 21.4. The molecule has 9 nitrogen and oxygen atoms in total. The van der Waals surface area contributed by atoms with Crippen LogP contribution in [0.15, 0.2) is 21.8 Å². The van der Waals surface area contributed by atoms with Crippen LogP contribution in [-0.4, -0.2) is 65.4 Å². The maximum Gasteiger partial charge on any atom is 0.276 e. The summed E-state index contributed by atoms with van der Waals surface area (Å²) in [4.78, 5) is 35.6. The number of thiazole rings is 1. The van der Waals surface area contributed by atoms with Crippen molar-refractivity contribution in [1.82, 2.24) is 15.2 Å². The zero-order valence-corrected chi connectivity index (χ0v) is 18.1. The van der Waals surface area contributed by atoms with Crippen LogP contribution in [0.3, 0.4) is 0 Å². The quantitative estimate of drug-likeness (QED) is 0.400. The second kappa shape index (κ2) is 9.89. The largest absolute Gasteiger partial charge is 0.398 e. The predicted octanol–water partition coefficient (Wildman–Crippen LogP) is 1.42. The number of rotatable bonds is 6. The highest BCUT2D eigenvalue weighted by atomic mass is 32.2. The molecule has 28 heavy (non-hydrogen) atoms. The number of oxime groups is 1. The highest BCUT2D eigenvalue weighted by Gasteiger charge is 2.51. The minimum Gasteiger partial charge on any atom is -0.398 e. The first-order valence-corrected chi connectivity index (χ1v) is 10.7. The van der Waals surface area contributed by atoms with Gasteiger partial charge in [-0.25, -0.2) is 4.98 Å². The van der Waals surface area contributed by atoms with E-state index in [1.165, 1.54) is 18.4 Å². The summed E-state index contributed by atoms with van der Waals surface area (Å²) in [6.45, 7) is 6.38. The van der Waals surface area contributed by atoms with Gasteiger partial charge in [-0.05, 0) is 12.5 Å². The number of anilines is 1. The molecule has 0 aromatic carbocycles. The molecule has 2 unspecified atom stereocenters. The van der Waals surface area contributed by atoms with E-state index in [-0.39, 0.29) is 17.0 Å². The number of ether oxygens (including phenoxy) is 1. The number of hydrogen-bond donors (Lipinski definition) is 2. The molecule has 0 spiro atoms. The minimum atomic E-state index is -0.621. The molecule has 2 atom stereocenters. The van der Waals surface area contributed by atoms with E-state index < -0.39 is 11.9 Å². The summed E-state index contributed by atoms with van der Waals surface area (Å²) in [7, 11) is 2.96. The molecule has 0 aliphatic carbocycles. The standard InChI is InChI=1S/C15H19N5O4S2.C2H6/c1-7-8(4-23-2)5-25-14-11(13(22)20(7)14)18-12(21)10(19-24-3)9-6-26-15(16)17-9;1-2/h6,11,14H,4-5H2,1-3H3,(H2,16,17)(H,18,21);1-2H3/b19-10-;. The Bertz CT molecular complexity index is 792. The van der Waals surface area contributed by atoms with Crippen LogP contribution in [0.25, 0.3) is 0 Å². The van der Waals surface area contributed by atoms with E-state index >= 15 is 0 Å². The molecular weight excluding hydrogens is 402 g/mol. The Kier molecular flexibility index (Phi) is 7.84. The lowest BCUT2D eigenvalue weighted by Crippen LogP contribution is -2.70. The molecule has 0 saturated carbocycles. The second-order valence-corrected chi connectivity index (χ2v) is 7.67. The number of aromatic nitrogens is 1. The third-order valence-corrected chi connectivity index (χ3v) is 6.13. The zero-order valence-electron chi connectivity index (χ0n) is 16.5. The molecule has 1 aromatic heterocycles. The molecule has 1 saturated heterocycles. The molecule has 3 N–H and O–H groups in total. The molecule has 154 valence electrons. The first-order valence-electron chi connectivity index (χ1n) is 8.73. The maximum atomic E-state index is 12.6. The van der Waals surface area contributed by atoms with Crippen molar-refractivity contribution in [2.24, 2.45) is 5.16 Å². The lowest BCUT2D eigenvalue weighted by molar-refractivity contribution is -0.145. The van der Waals surface area contributed by atoms with Gasteiger partial charge in [0.1, 0.15) is 24.2 Å². The molecule has 0 bridgehead atoms. The number of amides is 2. The molecule has 0 radical (unpaired) electrons. The smallest absolute Gasteiger partial charge is 0.276 e. The third-order valence-electron chi connectivity index (χ3n) is 4.11. The molecule has 2 amide bonds. The van der Waals surface area contributed by atoms with E-state index in [4.69, 9.17) is 15.3 Å². The van der Waals surface area contributed by atoms with Crippen molar-refractivity contribution in [3.8, 4) is 0 Å². The molecular formula is C17H25N5O4S2. The number of β-lactam (4-membered cyclic amide) rings is 1. The van der Waals surface area contributed by atoms with Gasteiger partial charge in [0.05, 0.1) is 6.61 Å². The Morgan fingerprint density at radius 1 is 1.46 bits per heavy atom. The third kappa shape index (κ3) is 4.31. The van der Waals surface area contributed by atoms with Gasteiger partial charge in [0.25, 0.3) is 11.8 Å². The number of nitrogen functional groups attached to an aromatic ring is 1. The molecule has 3 heterocycles. The molecule has 1 aromatic rings. The number of carbonyl (C=O) groups is 2. The van der Waals surface area contributed by atoms with Crippen LogP contribution in [0.1, 0.15) is 26.5 Å². The summed E-state index contributed by atoms with van der Waals surface area (Å²) in [6.07, 6.45) is 0. The summed E-state index contributed by atoms with van der Waals surface area (Å²) < 4.78 is 5.17. The van der Waals surface area contributed by atoms with Gasteiger partial charge < -0.3 is 20.6 Å². The minimum absolute atomic E-state index is 0.0140. The molecule has 11 heteroatoms. The lowest BCUT2D eigenvalue weighted by Gasteiger charge is -2.50. The van der Waals surface area contributed by atoms with E-state index in [1.807, 2.05) is 20.8 Å². The first kappa shape index (κ1) is 22.2. The molecule has 1 fully saturated rings. The van der Waals surface area contributed by atoms with Crippen molar-refractivity contribution in [3.05, 3.63) is 22.3 Å². The van der Waals surface area contributed by atoms with Crippen molar-refractivity contribution in [3.63, 3.8) is 0 Å². The van der Waals surface area contributed by atoms with E-state index in [0.29, 0.717) is 17.4 Å². The monoisotopic (exact) mass is 427 g/mol. The van der Waals surface area contributed by atoms with Crippen LogP contribution in [-0.2, 0) is 19.2 Å². The number of fused-ring (bicyclic) bond motifs is 1. The number of nitrogens with zero attached hydrogens (tertiary/aromatic N) is 3. The number of nitrogens with one attached hydrogen (secondary N) is 1. The molecule has 2 aliphatic rings. The van der Waals surface area contributed by atoms with Crippen LogP contribution < -0.4 is 11.1 Å². The summed E-state index contributed by atoms with van der Waals surface area (Å²) in [6, 6.07) is -0.621. The van der Waals surface area contributed by atoms with Gasteiger partial charge in [0, 0.05) is 23.9 Å². The summed E-state index contributed by atoms with van der Waals surface area (Å²) in [5.74, 6) is 0.0681. The fourth-order valence-corrected chi connectivity index (χ4v) is 4.81. The van der Waals surface area contributed by atoms with E-state index in [0.717, 1.165) is 17.0 Å². The Morgan fingerprint density at radius 2 is 2.18 bits per heavy atom. The zero-order chi connectivity index (χ0) is 20.8. The predicted molar refractivity (Wildman–Crippen MR) is 111 cm³/mol. The number of thioether (sulfide) groups is 1. The van der Waals surface area contributed by atoms with Crippen molar-refractivity contribution in [2.45, 2.75) is 32.2 Å². The Hall–Kier alpha value is -2.11. The maximum absolute atomic E-state index is 12.6. The summed E-state index contributed by atoms with van der Waals surface area (Å²) in [5, 5.41) is 8.25. The van der Waals surface area contributed by atoms with Gasteiger partial charge >= 0.3 is 0 Å². The lowest BCUT2D eigenvalue weighted by atomic mass is 10.0. The highest BCUT2D eigenvalue weighted by molar-refractivity contribution is 8.00. The SMILES string of the molecule is CC.COCC1=C(C)N2C(=O)C(NC(=O)/C(=N\OC)c3csc(N)n3)C2SC1. The van der Waals surface area contributed by atoms with Gasteiger partial charge in [-0.1, -0.05) is 19.0 Å². The van der Waals surface area contributed by atoms with Crippen LogP contribution in [0.2, 0.25) is 0 Å². The summed E-state index contributed by atoms with van der Waals surface area (Å²) in [5.41, 5.74) is 7.88. The number of hydrogen-bond acceptors (Lipinski definition) is 9. The van der Waals surface area contributed by atoms with Crippen LogP contribution >= 0.6 is 23.1 Å². The Balaban J connectivity index is 0.00000136. The van der Waals surface area contributed by atoms with E-state index in [1.54, 1.807) is 29.2 Å². The Morgan fingerprint density at radius 3 is 2.75 bits per heavy atom. The van der Waals surface area contributed by atoms with Crippen molar-refractivity contribution in [2.75, 3.05) is 32.3 Å². The van der Waals surface area contributed by atoms with Gasteiger partial charge in [0.2, 0.25) is 0 Å². The van der Waals surface area contributed by atoms with Crippen molar-refractivity contribution in [1.29, 1.82) is 0 Å². The molecule has 2 aliphatic heterocycles. The van der Waals surface area contributed by atoms with Crippen LogP contribution in [0.5, 0.6) is 0 Å². The van der Waals surface area contributed by atoms with E-state index in [2.05, 4.69) is 15.5 Å². The van der Waals surface area contributed by atoms with Crippen molar-refractivity contribution >= 4 is 45.8 Å². The fraction of sp³-hybridized carbons (Fsp3) is 0.529. The average molecular weight is 428 g/mol. The Labute approximate surface area is 172 Å². The summed E-state index contributed by atoms with van der Waals surface area (Å²) >= 11 is 2.78. The van der Waals surface area contributed by atoms with Gasteiger partial charge in [-0.2, -0.15) is 0 Å². The van der Waals surface area contributed by atoms with Crippen molar-refractivity contribution < 1.29 is 19.2 Å². The number of carbonyl (C=O) groups excluding carboxylic acids is 2. The average Bonchev–Trinajstić information content (AvgIpc) is 3.12. The topological polar surface area (TPSA) is 119 Å². The van der Waals surface area contributed by atoms with Gasteiger partial charge in [-0.15, -0.1) is 23.1 Å². The van der Waals surface area contributed by atoms with Crippen LogP contribution in [0, 0.1) is 0 Å². The number of nitrogens with two attached hydrogens (primary N) is 1. The second-order valence-electron chi connectivity index (χ2n) is 5.68.